The number of ether oxygens (including phenoxy) is 1. The summed E-state index contributed by atoms with van der Waals surface area (Å²) in [6.45, 7) is 1.95. The maximum Gasteiger partial charge on any atom is 0.201 e. The first-order chi connectivity index (χ1) is 9.52. The molecule has 2 aromatic carbocycles. The predicted molar refractivity (Wildman–Crippen MR) is 78.0 cm³/mol. The minimum absolute atomic E-state index is 0.0131. The highest BCUT2D eigenvalue weighted by Gasteiger charge is 2.15. The van der Waals surface area contributed by atoms with Crippen molar-refractivity contribution in [2.45, 2.75) is 13.0 Å². The van der Waals surface area contributed by atoms with Crippen LogP contribution in [0.15, 0.2) is 40.9 Å². The van der Waals surface area contributed by atoms with Crippen LogP contribution in [0, 0.1) is 11.6 Å². The number of halogens is 3. The van der Waals surface area contributed by atoms with Crippen molar-refractivity contribution in [3.63, 3.8) is 0 Å². The highest BCUT2D eigenvalue weighted by Crippen LogP contribution is 2.33. The fourth-order valence-electron chi connectivity index (χ4n) is 1.79. The van der Waals surface area contributed by atoms with Gasteiger partial charge in [0, 0.05) is 16.1 Å². The van der Waals surface area contributed by atoms with Crippen LogP contribution in [0.25, 0.3) is 0 Å². The molecule has 1 atom stereocenters. The van der Waals surface area contributed by atoms with Crippen molar-refractivity contribution in [3.8, 4) is 11.5 Å². The Bertz CT molecular complexity index is 619. The molecule has 0 spiro atoms. The second-order valence-electron chi connectivity index (χ2n) is 4.35. The zero-order valence-electron chi connectivity index (χ0n) is 11.1. The first-order valence-electron chi connectivity index (χ1n) is 6.11. The summed E-state index contributed by atoms with van der Waals surface area (Å²) in [4.78, 5) is 0. The lowest BCUT2D eigenvalue weighted by atomic mass is 10.1. The maximum atomic E-state index is 13.7. The van der Waals surface area contributed by atoms with Crippen molar-refractivity contribution < 1.29 is 13.5 Å². The highest BCUT2D eigenvalue weighted by atomic mass is 79.9. The molecule has 2 aromatic rings. The molecule has 0 aliphatic rings. The standard InChI is InChI=1S/C15H14BrF2NO/c1-9(19-2)11-8-10(16)6-7-13(11)20-14-5-3-4-12(17)15(14)18/h3-9,19H,1-2H3. The lowest BCUT2D eigenvalue weighted by Crippen LogP contribution is -2.13. The summed E-state index contributed by atoms with van der Waals surface area (Å²) in [6.07, 6.45) is 0. The van der Waals surface area contributed by atoms with Gasteiger partial charge in [-0.1, -0.05) is 22.0 Å². The minimum Gasteiger partial charge on any atom is -0.454 e. The number of hydrogen-bond donors (Lipinski definition) is 1. The third kappa shape index (κ3) is 3.16. The Morgan fingerprint density at radius 1 is 1.15 bits per heavy atom. The van der Waals surface area contributed by atoms with Gasteiger partial charge in [-0.2, -0.15) is 4.39 Å². The topological polar surface area (TPSA) is 21.3 Å². The Labute approximate surface area is 124 Å². The van der Waals surface area contributed by atoms with Crippen LogP contribution in [0.5, 0.6) is 11.5 Å². The minimum atomic E-state index is -0.988. The normalized spacial score (nSPS) is 12.2. The molecule has 0 aliphatic heterocycles. The molecule has 106 valence electrons. The Morgan fingerprint density at radius 3 is 2.60 bits per heavy atom. The van der Waals surface area contributed by atoms with E-state index in [1.807, 2.05) is 20.0 Å². The summed E-state index contributed by atoms with van der Waals surface area (Å²) < 4.78 is 33.3. The van der Waals surface area contributed by atoms with Gasteiger partial charge in [-0.3, -0.25) is 0 Å². The van der Waals surface area contributed by atoms with E-state index in [4.69, 9.17) is 4.74 Å². The fraction of sp³-hybridized carbons (Fsp3) is 0.200. The molecule has 1 unspecified atom stereocenters. The van der Waals surface area contributed by atoms with Gasteiger partial charge in [-0.15, -0.1) is 0 Å². The van der Waals surface area contributed by atoms with Crippen LogP contribution >= 0.6 is 15.9 Å². The molecule has 2 rings (SSSR count). The summed E-state index contributed by atoms with van der Waals surface area (Å²) in [5.41, 5.74) is 0.852. The van der Waals surface area contributed by atoms with Gasteiger partial charge < -0.3 is 10.1 Å². The van der Waals surface area contributed by atoms with Crippen LogP contribution in [-0.4, -0.2) is 7.05 Å². The molecule has 5 heteroatoms. The average Bonchev–Trinajstić information content (AvgIpc) is 2.44. The molecular formula is C15H14BrF2NO. The van der Waals surface area contributed by atoms with E-state index in [-0.39, 0.29) is 11.8 Å². The third-order valence-corrected chi connectivity index (χ3v) is 3.50. The summed E-state index contributed by atoms with van der Waals surface area (Å²) in [7, 11) is 1.82. The van der Waals surface area contributed by atoms with Gasteiger partial charge in [0.2, 0.25) is 5.82 Å². The monoisotopic (exact) mass is 341 g/mol. The molecule has 0 bridgehead atoms. The van der Waals surface area contributed by atoms with Gasteiger partial charge in [0.05, 0.1) is 0 Å². The van der Waals surface area contributed by atoms with Crippen LogP contribution in [0.4, 0.5) is 8.78 Å². The smallest absolute Gasteiger partial charge is 0.201 e. The number of benzene rings is 2. The molecule has 1 N–H and O–H groups in total. The molecule has 0 saturated carbocycles. The van der Waals surface area contributed by atoms with Gasteiger partial charge in [-0.05, 0) is 44.3 Å². The number of nitrogens with one attached hydrogen (secondary N) is 1. The number of rotatable bonds is 4. The van der Waals surface area contributed by atoms with Gasteiger partial charge in [0.15, 0.2) is 11.6 Å². The van der Waals surface area contributed by atoms with Crippen molar-refractivity contribution in [1.29, 1.82) is 0 Å². The SMILES string of the molecule is CNC(C)c1cc(Br)ccc1Oc1cccc(F)c1F. The Morgan fingerprint density at radius 2 is 1.90 bits per heavy atom. The van der Waals surface area contributed by atoms with E-state index in [1.165, 1.54) is 12.1 Å². The summed E-state index contributed by atoms with van der Waals surface area (Å²) in [6, 6.07) is 9.27. The summed E-state index contributed by atoms with van der Waals surface area (Å²) >= 11 is 3.39. The van der Waals surface area contributed by atoms with E-state index in [9.17, 15) is 8.78 Å². The molecule has 0 amide bonds. The Hall–Kier alpha value is -1.46. The van der Waals surface area contributed by atoms with Gasteiger partial charge in [0.25, 0.3) is 0 Å². The zero-order chi connectivity index (χ0) is 14.7. The molecule has 0 heterocycles. The van der Waals surface area contributed by atoms with E-state index in [1.54, 1.807) is 12.1 Å². The second kappa shape index (κ2) is 6.33. The van der Waals surface area contributed by atoms with E-state index >= 15 is 0 Å². The van der Waals surface area contributed by atoms with Crippen LogP contribution in [0.3, 0.4) is 0 Å². The van der Waals surface area contributed by atoms with Crippen molar-refractivity contribution in [2.75, 3.05) is 7.05 Å². The molecule has 0 aromatic heterocycles. The van der Waals surface area contributed by atoms with Crippen LogP contribution in [0.1, 0.15) is 18.5 Å². The maximum absolute atomic E-state index is 13.7. The first kappa shape index (κ1) is 14.9. The van der Waals surface area contributed by atoms with Crippen LogP contribution in [-0.2, 0) is 0 Å². The summed E-state index contributed by atoms with van der Waals surface area (Å²) in [5, 5.41) is 3.09. The summed E-state index contributed by atoms with van der Waals surface area (Å²) in [5.74, 6) is -1.56. The molecule has 0 radical (unpaired) electrons. The second-order valence-corrected chi connectivity index (χ2v) is 5.26. The van der Waals surface area contributed by atoms with E-state index in [0.29, 0.717) is 5.75 Å². The molecule has 0 saturated heterocycles. The number of hydrogen-bond acceptors (Lipinski definition) is 2. The van der Waals surface area contributed by atoms with Gasteiger partial charge >= 0.3 is 0 Å². The predicted octanol–water partition coefficient (Wildman–Crippen LogP) is 4.80. The largest absolute Gasteiger partial charge is 0.454 e. The molecular weight excluding hydrogens is 328 g/mol. The lowest BCUT2D eigenvalue weighted by molar-refractivity contribution is 0.409. The van der Waals surface area contributed by atoms with E-state index in [0.717, 1.165) is 16.1 Å². The third-order valence-electron chi connectivity index (χ3n) is 3.01. The lowest BCUT2D eigenvalue weighted by Gasteiger charge is -2.17. The van der Waals surface area contributed by atoms with E-state index in [2.05, 4.69) is 21.2 Å². The first-order valence-corrected chi connectivity index (χ1v) is 6.90. The van der Waals surface area contributed by atoms with Crippen molar-refractivity contribution in [3.05, 3.63) is 58.1 Å². The zero-order valence-corrected chi connectivity index (χ0v) is 12.7. The molecule has 0 aliphatic carbocycles. The van der Waals surface area contributed by atoms with E-state index < -0.39 is 11.6 Å². The van der Waals surface area contributed by atoms with Gasteiger partial charge in [0.1, 0.15) is 5.75 Å². The molecule has 0 fully saturated rings. The van der Waals surface area contributed by atoms with Crippen LogP contribution < -0.4 is 10.1 Å². The Kier molecular flexibility index (Phi) is 4.73. The van der Waals surface area contributed by atoms with Crippen molar-refractivity contribution in [2.24, 2.45) is 0 Å². The Balaban J connectivity index is 2.40. The molecule has 20 heavy (non-hydrogen) atoms. The van der Waals surface area contributed by atoms with Crippen molar-refractivity contribution in [1.82, 2.24) is 5.32 Å². The van der Waals surface area contributed by atoms with Gasteiger partial charge in [-0.25, -0.2) is 4.39 Å². The fourth-order valence-corrected chi connectivity index (χ4v) is 2.17. The quantitative estimate of drug-likeness (QED) is 0.862. The van der Waals surface area contributed by atoms with Crippen LogP contribution in [0.2, 0.25) is 0 Å². The highest BCUT2D eigenvalue weighted by molar-refractivity contribution is 9.10. The van der Waals surface area contributed by atoms with Crippen molar-refractivity contribution >= 4 is 15.9 Å². The average molecular weight is 342 g/mol. The molecule has 2 nitrogen and oxygen atoms in total.